The average Bonchev–Trinajstić information content (AvgIpc) is 2.69. The molecule has 0 spiro atoms. The summed E-state index contributed by atoms with van der Waals surface area (Å²) in [6.07, 6.45) is 1.81. The van der Waals surface area contributed by atoms with E-state index in [2.05, 4.69) is 6.92 Å². The van der Waals surface area contributed by atoms with Crippen molar-refractivity contribution in [2.75, 3.05) is 19.7 Å². The van der Waals surface area contributed by atoms with Gasteiger partial charge in [0.1, 0.15) is 0 Å². The first-order valence-electron chi connectivity index (χ1n) is 9.29. The number of esters is 1. The number of sulfonamides is 1. The molecule has 0 aliphatic carbocycles. The first-order valence-corrected chi connectivity index (χ1v) is 10.7. The van der Waals surface area contributed by atoms with Gasteiger partial charge in [-0.2, -0.15) is 4.31 Å². The molecule has 1 saturated heterocycles. The predicted octanol–water partition coefficient (Wildman–Crippen LogP) is 3.95. The summed E-state index contributed by atoms with van der Waals surface area (Å²) >= 11 is 0. The number of carbonyl (C=O) groups is 1. The van der Waals surface area contributed by atoms with Gasteiger partial charge in [0.25, 0.3) is 0 Å². The summed E-state index contributed by atoms with van der Waals surface area (Å²) < 4.78 is 32.2. The molecule has 144 valence electrons. The quantitative estimate of drug-likeness (QED) is 0.729. The predicted molar refractivity (Wildman–Crippen MR) is 105 cm³/mol. The smallest absolute Gasteiger partial charge is 0.338 e. The van der Waals surface area contributed by atoms with E-state index in [0.29, 0.717) is 36.1 Å². The monoisotopic (exact) mass is 387 g/mol. The molecule has 1 heterocycles. The molecule has 2 aromatic carbocycles. The molecule has 1 aliphatic rings. The van der Waals surface area contributed by atoms with Gasteiger partial charge >= 0.3 is 5.97 Å². The minimum atomic E-state index is -3.44. The molecule has 0 bridgehead atoms. The molecule has 0 amide bonds. The number of piperidine rings is 1. The average molecular weight is 388 g/mol. The Morgan fingerprint density at radius 1 is 1.00 bits per heavy atom. The first kappa shape index (κ1) is 19.6. The summed E-state index contributed by atoms with van der Waals surface area (Å²) in [4.78, 5) is 12.0. The lowest BCUT2D eigenvalue weighted by atomic mass is 10.0. The topological polar surface area (TPSA) is 63.7 Å². The Labute approximate surface area is 161 Å². The molecule has 0 unspecified atom stereocenters. The van der Waals surface area contributed by atoms with Gasteiger partial charge in [-0.3, -0.25) is 0 Å². The third kappa shape index (κ3) is 4.39. The standard InChI is InChI=1S/C21H25NO4S/c1-3-26-21(23)19-6-4-17(5-7-19)18-8-10-20(11-9-18)27(24,25)22-14-12-16(2)13-15-22/h4-11,16H,3,12-15H2,1-2H3. The summed E-state index contributed by atoms with van der Waals surface area (Å²) in [5, 5.41) is 0. The Hall–Kier alpha value is -2.18. The normalized spacial score (nSPS) is 16.2. The second kappa shape index (κ2) is 8.23. The van der Waals surface area contributed by atoms with Crippen LogP contribution in [0, 0.1) is 5.92 Å². The first-order chi connectivity index (χ1) is 12.9. The van der Waals surface area contributed by atoms with Gasteiger partial charge in [-0.05, 0) is 61.1 Å². The molecule has 5 nitrogen and oxygen atoms in total. The van der Waals surface area contributed by atoms with Crippen LogP contribution in [0.1, 0.15) is 37.0 Å². The summed E-state index contributed by atoms with van der Waals surface area (Å²) in [5.41, 5.74) is 2.31. The maximum absolute atomic E-state index is 12.8. The van der Waals surface area contributed by atoms with Gasteiger partial charge in [-0.25, -0.2) is 13.2 Å². The van der Waals surface area contributed by atoms with E-state index in [4.69, 9.17) is 4.74 Å². The molecule has 27 heavy (non-hydrogen) atoms. The number of carbonyl (C=O) groups excluding carboxylic acids is 1. The van der Waals surface area contributed by atoms with Gasteiger partial charge in [-0.15, -0.1) is 0 Å². The second-order valence-corrected chi connectivity index (χ2v) is 8.85. The van der Waals surface area contributed by atoms with Crippen LogP contribution < -0.4 is 0 Å². The SMILES string of the molecule is CCOC(=O)c1ccc(-c2ccc(S(=O)(=O)N3CCC(C)CC3)cc2)cc1. The Kier molecular flexibility index (Phi) is 5.97. The van der Waals surface area contributed by atoms with Gasteiger partial charge in [0.05, 0.1) is 17.1 Å². The Morgan fingerprint density at radius 2 is 1.52 bits per heavy atom. The van der Waals surface area contributed by atoms with Crippen LogP contribution in [-0.4, -0.2) is 38.4 Å². The number of ether oxygens (including phenoxy) is 1. The number of nitrogens with zero attached hydrogens (tertiary/aromatic N) is 1. The Bertz CT molecular complexity index is 881. The molecule has 0 saturated carbocycles. The number of rotatable bonds is 5. The zero-order valence-electron chi connectivity index (χ0n) is 15.7. The van der Waals surface area contributed by atoms with Crippen LogP contribution >= 0.6 is 0 Å². The fraction of sp³-hybridized carbons (Fsp3) is 0.381. The van der Waals surface area contributed by atoms with Crippen LogP contribution in [0.5, 0.6) is 0 Å². The van der Waals surface area contributed by atoms with Crippen molar-refractivity contribution >= 4 is 16.0 Å². The Balaban J connectivity index is 1.76. The third-order valence-corrected chi connectivity index (χ3v) is 6.88. The van der Waals surface area contributed by atoms with E-state index in [1.54, 1.807) is 47.6 Å². The molecular weight excluding hydrogens is 362 g/mol. The van der Waals surface area contributed by atoms with E-state index in [1.807, 2.05) is 12.1 Å². The maximum atomic E-state index is 12.8. The maximum Gasteiger partial charge on any atom is 0.338 e. The van der Waals surface area contributed by atoms with Crippen molar-refractivity contribution in [3.05, 3.63) is 54.1 Å². The van der Waals surface area contributed by atoms with E-state index in [9.17, 15) is 13.2 Å². The zero-order valence-corrected chi connectivity index (χ0v) is 16.5. The molecule has 1 aliphatic heterocycles. The molecule has 0 radical (unpaired) electrons. The Morgan fingerprint density at radius 3 is 2.04 bits per heavy atom. The number of benzene rings is 2. The van der Waals surface area contributed by atoms with Gasteiger partial charge in [0, 0.05) is 13.1 Å². The van der Waals surface area contributed by atoms with Crippen LogP contribution in [0.2, 0.25) is 0 Å². The van der Waals surface area contributed by atoms with Crippen LogP contribution in [-0.2, 0) is 14.8 Å². The fourth-order valence-corrected chi connectivity index (χ4v) is 4.68. The van der Waals surface area contributed by atoms with Gasteiger partial charge in [0.2, 0.25) is 10.0 Å². The van der Waals surface area contributed by atoms with Crippen molar-refractivity contribution in [2.45, 2.75) is 31.6 Å². The van der Waals surface area contributed by atoms with E-state index in [-0.39, 0.29) is 5.97 Å². The van der Waals surface area contributed by atoms with Crippen LogP contribution in [0.4, 0.5) is 0 Å². The summed E-state index contributed by atoms with van der Waals surface area (Å²) in [5.74, 6) is 0.234. The minimum Gasteiger partial charge on any atom is -0.462 e. The third-order valence-electron chi connectivity index (χ3n) is 4.96. The van der Waals surface area contributed by atoms with E-state index < -0.39 is 10.0 Å². The van der Waals surface area contributed by atoms with Crippen molar-refractivity contribution in [1.29, 1.82) is 0 Å². The number of hydrogen-bond donors (Lipinski definition) is 0. The summed E-state index contributed by atoms with van der Waals surface area (Å²) in [7, 11) is -3.44. The fourth-order valence-electron chi connectivity index (χ4n) is 3.21. The molecule has 6 heteroatoms. The summed E-state index contributed by atoms with van der Waals surface area (Å²) in [6, 6.07) is 14.0. The highest BCUT2D eigenvalue weighted by Crippen LogP contribution is 2.26. The molecule has 3 rings (SSSR count). The van der Waals surface area contributed by atoms with Crippen molar-refractivity contribution in [2.24, 2.45) is 5.92 Å². The van der Waals surface area contributed by atoms with E-state index in [0.717, 1.165) is 24.0 Å². The highest BCUT2D eigenvalue weighted by atomic mass is 32.2. The molecule has 0 aromatic heterocycles. The minimum absolute atomic E-state index is 0.323. The highest BCUT2D eigenvalue weighted by Gasteiger charge is 2.27. The second-order valence-electron chi connectivity index (χ2n) is 6.91. The lowest BCUT2D eigenvalue weighted by Crippen LogP contribution is -2.37. The van der Waals surface area contributed by atoms with Crippen LogP contribution in [0.15, 0.2) is 53.4 Å². The molecular formula is C21H25NO4S. The number of hydrogen-bond acceptors (Lipinski definition) is 4. The van der Waals surface area contributed by atoms with E-state index in [1.165, 1.54) is 0 Å². The summed E-state index contributed by atoms with van der Waals surface area (Å²) in [6.45, 7) is 5.44. The largest absolute Gasteiger partial charge is 0.462 e. The van der Waals surface area contributed by atoms with Gasteiger partial charge < -0.3 is 4.74 Å². The van der Waals surface area contributed by atoms with E-state index >= 15 is 0 Å². The van der Waals surface area contributed by atoms with Crippen molar-refractivity contribution in [3.8, 4) is 11.1 Å². The van der Waals surface area contributed by atoms with Crippen LogP contribution in [0.25, 0.3) is 11.1 Å². The molecule has 0 N–H and O–H groups in total. The lowest BCUT2D eigenvalue weighted by Gasteiger charge is -2.29. The molecule has 0 atom stereocenters. The van der Waals surface area contributed by atoms with Crippen molar-refractivity contribution in [1.82, 2.24) is 4.31 Å². The highest BCUT2D eigenvalue weighted by molar-refractivity contribution is 7.89. The molecule has 1 fully saturated rings. The van der Waals surface area contributed by atoms with Gasteiger partial charge in [-0.1, -0.05) is 31.2 Å². The molecule has 2 aromatic rings. The van der Waals surface area contributed by atoms with Crippen LogP contribution in [0.3, 0.4) is 0 Å². The van der Waals surface area contributed by atoms with Crippen molar-refractivity contribution < 1.29 is 17.9 Å². The lowest BCUT2D eigenvalue weighted by molar-refractivity contribution is 0.0526. The van der Waals surface area contributed by atoms with Crippen molar-refractivity contribution in [3.63, 3.8) is 0 Å². The van der Waals surface area contributed by atoms with Gasteiger partial charge in [0.15, 0.2) is 0 Å². The zero-order chi connectivity index (χ0) is 19.4.